The van der Waals surface area contributed by atoms with Crippen molar-refractivity contribution in [1.82, 2.24) is 19.6 Å². The highest BCUT2D eigenvalue weighted by Crippen LogP contribution is 2.13. The highest BCUT2D eigenvalue weighted by atomic mass is 16.2. The smallest absolute Gasteiger partial charge is 0.275 e. The lowest BCUT2D eigenvalue weighted by Crippen LogP contribution is -2.17. The summed E-state index contributed by atoms with van der Waals surface area (Å²) < 4.78 is 3.00. The zero-order valence-electron chi connectivity index (χ0n) is 11.0. The Bertz CT molecular complexity index is 660. The van der Waals surface area contributed by atoms with E-state index in [1.807, 2.05) is 13.0 Å². The van der Waals surface area contributed by atoms with Gasteiger partial charge in [-0.25, -0.2) is 0 Å². The van der Waals surface area contributed by atoms with E-state index >= 15 is 0 Å². The molecule has 0 unspecified atom stereocenters. The molecule has 2 rings (SSSR count). The van der Waals surface area contributed by atoms with E-state index in [-0.39, 0.29) is 11.7 Å². The summed E-state index contributed by atoms with van der Waals surface area (Å²) in [4.78, 5) is 12.1. The number of rotatable bonds is 3. The summed E-state index contributed by atoms with van der Waals surface area (Å²) in [6.45, 7) is 1.97. The Kier molecular flexibility index (Phi) is 3.33. The second kappa shape index (κ2) is 4.94. The first-order valence-corrected chi connectivity index (χ1v) is 5.83. The van der Waals surface area contributed by atoms with E-state index in [9.17, 15) is 4.79 Å². The Morgan fingerprint density at radius 1 is 1.47 bits per heavy atom. The molecule has 0 spiro atoms. The summed E-state index contributed by atoms with van der Waals surface area (Å²) >= 11 is 0. The molecule has 0 bridgehead atoms. The van der Waals surface area contributed by atoms with Gasteiger partial charge in [0, 0.05) is 20.3 Å². The van der Waals surface area contributed by atoms with Gasteiger partial charge in [0.25, 0.3) is 5.91 Å². The molecular weight excluding hydrogens is 244 g/mol. The van der Waals surface area contributed by atoms with Gasteiger partial charge in [0.1, 0.15) is 17.3 Å². The van der Waals surface area contributed by atoms with Gasteiger partial charge in [-0.3, -0.25) is 14.2 Å². The number of nitrogens with zero attached hydrogens (tertiary/aromatic N) is 5. The van der Waals surface area contributed by atoms with Crippen molar-refractivity contribution in [1.29, 1.82) is 5.26 Å². The third-order valence-corrected chi connectivity index (χ3v) is 2.71. The van der Waals surface area contributed by atoms with Crippen LogP contribution in [0.25, 0.3) is 0 Å². The van der Waals surface area contributed by atoms with Gasteiger partial charge in [-0.15, -0.1) is 0 Å². The van der Waals surface area contributed by atoms with Gasteiger partial charge in [0.05, 0.1) is 5.69 Å². The van der Waals surface area contributed by atoms with Crippen LogP contribution in [-0.4, -0.2) is 25.5 Å². The summed E-state index contributed by atoms with van der Waals surface area (Å²) in [6.07, 6.45) is 2.31. The highest BCUT2D eigenvalue weighted by molar-refractivity contribution is 6.03. The van der Waals surface area contributed by atoms with Crippen LogP contribution in [-0.2, 0) is 20.5 Å². The predicted molar refractivity (Wildman–Crippen MR) is 68.5 cm³/mol. The number of nitriles is 1. The van der Waals surface area contributed by atoms with Gasteiger partial charge >= 0.3 is 0 Å². The molecule has 0 saturated heterocycles. The number of carbonyl (C=O) groups excluding carboxylic acids is 1. The maximum absolute atomic E-state index is 12.1. The topological polar surface area (TPSA) is 88.5 Å². The zero-order valence-corrected chi connectivity index (χ0v) is 11.0. The van der Waals surface area contributed by atoms with Gasteiger partial charge < -0.3 is 5.32 Å². The lowest BCUT2D eigenvalue weighted by atomic mass is 10.3. The van der Waals surface area contributed by atoms with Crippen LogP contribution in [0.1, 0.15) is 28.7 Å². The first-order chi connectivity index (χ1) is 9.05. The summed E-state index contributed by atoms with van der Waals surface area (Å²) in [5, 5.41) is 19.8. The van der Waals surface area contributed by atoms with Crippen LogP contribution in [0.3, 0.4) is 0 Å². The maximum atomic E-state index is 12.1. The van der Waals surface area contributed by atoms with Crippen molar-refractivity contribution in [3.8, 4) is 6.07 Å². The molecule has 0 aromatic carbocycles. The molecule has 0 atom stereocenters. The largest absolute Gasteiger partial charge is 0.303 e. The molecule has 7 nitrogen and oxygen atoms in total. The van der Waals surface area contributed by atoms with Crippen LogP contribution in [0.2, 0.25) is 0 Å². The number of aromatic nitrogens is 4. The van der Waals surface area contributed by atoms with Gasteiger partial charge in [-0.05, 0) is 12.5 Å². The molecule has 0 aliphatic carbocycles. The van der Waals surface area contributed by atoms with E-state index in [1.165, 1.54) is 9.36 Å². The SMILES string of the molecule is CCc1cc(C(=O)Nc2nn(C)cc2C#N)n(C)n1. The van der Waals surface area contributed by atoms with E-state index in [2.05, 4.69) is 15.5 Å². The molecule has 0 radical (unpaired) electrons. The number of carbonyl (C=O) groups is 1. The molecule has 2 aromatic rings. The third kappa shape index (κ3) is 2.47. The Hall–Kier alpha value is -2.62. The van der Waals surface area contributed by atoms with Crippen LogP contribution in [0, 0.1) is 11.3 Å². The standard InChI is InChI=1S/C12H14N6O/c1-4-9-5-10(18(3)15-9)12(19)14-11-8(6-13)7-17(2)16-11/h5,7H,4H2,1-3H3,(H,14,16,19). The zero-order chi connectivity index (χ0) is 14.0. The van der Waals surface area contributed by atoms with E-state index in [0.717, 1.165) is 12.1 Å². The minimum atomic E-state index is -0.329. The van der Waals surface area contributed by atoms with Crippen LogP contribution in [0.4, 0.5) is 5.82 Å². The first kappa shape index (κ1) is 12.8. The molecule has 2 heterocycles. The second-order valence-electron chi connectivity index (χ2n) is 4.13. The average Bonchev–Trinajstić information content (AvgIpc) is 2.92. The Balaban J connectivity index is 2.25. The molecule has 2 aromatic heterocycles. The Morgan fingerprint density at radius 3 is 2.79 bits per heavy atom. The van der Waals surface area contributed by atoms with Crippen molar-refractivity contribution >= 4 is 11.7 Å². The van der Waals surface area contributed by atoms with Crippen LogP contribution in [0.15, 0.2) is 12.3 Å². The lowest BCUT2D eigenvalue weighted by Gasteiger charge is -2.02. The molecule has 1 N–H and O–H groups in total. The van der Waals surface area contributed by atoms with Gasteiger partial charge in [-0.2, -0.15) is 15.5 Å². The van der Waals surface area contributed by atoms with Crippen LogP contribution >= 0.6 is 0 Å². The van der Waals surface area contributed by atoms with Gasteiger partial charge in [0.15, 0.2) is 5.82 Å². The lowest BCUT2D eigenvalue weighted by molar-refractivity contribution is 0.101. The fraction of sp³-hybridized carbons (Fsp3) is 0.333. The fourth-order valence-electron chi connectivity index (χ4n) is 1.75. The summed E-state index contributed by atoms with van der Waals surface area (Å²) in [5.41, 5.74) is 1.61. The number of anilines is 1. The molecule has 98 valence electrons. The summed E-state index contributed by atoms with van der Waals surface area (Å²) in [6, 6.07) is 3.71. The van der Waals surface area contributed by atoms with E-state index in [1.54, 1.807) is 26.4 Å². The molecule has 1 amide bonds. The maximum Gasteiger partial charge on any atom is 0.275 e. The van der Waals surface area contributed by atoms with Crippen molar-refractivity contribution in [2.75, 3.05) is 5.32 Å². The van der Waals surface area contributed by atoms with E-state index < -0.39 is 0 Å². The van der Waals surface area contributed by atoms with Crippen molar-refractivity contribution in [3.63, 3.8) is 0 Å². The predicted octanol–water partition coefficient (Wildman–Crippen LogP) is 0.840. The van der Waals surface area contributed by atoms with Crippen molar-refractivity contribution in [3.05, 3.63) is 29.2 Å². The number of aryl methyl sites for hydroxylation is 3. The third-order valence-electron chi connectivity index (χ3n) is 2.71. The monoisotopic (exact) mass is 258 g/mol. The van der Waals surface area contributed by atoms with E-state index in [4.69, 9.17) is 5.26 Å². The highest BCUT2D eigenvalue weighted by Gasteiger charge is 2.16. The number of amides is 1. The summed E-state index contributed by atoms with van der Waals surface area (Å²) in [5.74, 6) is -0.0702. The first-order valence-electron chi connectivity index (χ1n) is 5.83. The number of hydrogen-bond donors (Lipinski definition) is 1. The normalized spacial score (nSPS) is 10.2. The van der Waals surface area contributed by atoms with Crippen LogP contribution < -0.4 is 5.32 Å². The number of hydrogen-bond acceptors (Lipinski definition) is 4. The second-order valence-corrected chi connectivity index (χ2v) is 4.13. The molecule has 0 aliphatic heterocycles. The van der Waals surface area contributed by atoms with Crippen LogP contribution in [0.5, 0.6) is 0 Å². The van der Waals surface area contributed by atoms with Crippen molar-refractivity contribution in [2.24, 2.45) is 14.1 Å². The Morgan fingerprint density at radius 2 is 2.21 bits per heavy atom. The molecular formula is C12H14N6O. The van der Waals surface area contributed by atoms with E-state index in [0.29, 0.717) is 11.3 Å². The molecule has 19 heavy (non-hydrogen) atoms. The Labute approximate surface area is 110 Å². The summed E-state index contributed by atoms with van der Waals surface area (Å²) in [7, 11) is 3.40. The van der Waals surface area contributed by atoms with Crippen molar-refractivity contribution < 1.29 is 4.79 Å². The average molecular weight is 258 g/mol. The molecule has 0 fully saturated rings. The quantitative estimate of drug-likeness (QED) is 0.883. The van der Waals surface area contributed by atoms with Gasteiger partial charge in [0.2, 0.25) is 0 Å². The fourth-order valence-corrected chi connectivity index (χ4v) is 1.75. The minimum absolute atomic E-state index is 0.259. The minimum Gasteiger partial charge on any atom is -0.303 e. The molecule has 0 aliphatic rings. The molecule has 0 saturated carbocycles. The van der Waals surface area contributed by atoms with Gasteiger partial charge in [-0.1, -0.05) is 6.92 Å². The molecule has 7 heteroatoms. The number of nitrogens with one attached hydrogen (secondary N) is 1. The van der Waals surface area contributed by atoms with Crippen molar-refractivity contribution in [2.45, 2.75) is 13.3 Å².